The predicted molar refractivity (Wildman–Crippen MR) is 122 cm³/mol. The zero-order valence-corrected chi connectivity index (χ0v) is 17.7. The Labute approximate surface area is 183 Å². The third kappa shape index (κ3) is 5.92. The van der Waals surface area contributed by atoms with Crippen molar-refractivity contribution in [1.29, 1.82) is 0 Å². The molecule has 0 atom stereocenters. The Morgan fingerprint density at radius 3 is 1.94 bits per heavy atom. The van der Waals surface area contributed by atoms with Crippen LogP contribution in [0.5, 0.6) is 11.6 Å². The molecule has 0 aliphatic heterocycles. The molecule has 1 aromatic heterocycles. The van der Waals surface area contributed by atoms with Crippen molar-refractivity contribution < 1.29 is 9.47 Å². The Hall–Kier alpha value is -3.66. The van der Waals surface area contributed by atoms with Crippen molar-refractivity contribution in [1.82, 2.24) is 10.2 Å². The number of aryl methyl sites for hydroxylation is 3. The van der Waals surface area contributed by atoms with Gasteiger partial charge in [-0.15, -0.1) is 5.10 Å². The molecule has 0 amide bonds. The van der Waals surface area contributed by atoms with Crippen LogP contribution in [0.3, 0.4) is 0 Å². The van der Waals surface area contributed by atoms with Gasteiger partial charge in [-0.05, 0) is 42.0 Å². The maximum atomic E-state index is 6.10. The van der Waals surface area contributed by atoms with Crippen LogP contribution in [-0.2, 0) is 26.1 Å². The van der Waals surface area contributed by atoms with Gasteiger partial charge in [0.25, 0.3) is 5.88 Å². The van der Waals surface area contributed by atoms with Gasteiger partial charge < -0.3 is 9.47 Å². The monoisotopic (exact) mass is 410 g/mol. The lowest BCUT2D eigenvalue weighted by Crippen LogP contribution is -2.06. The van der Waals surface area contributed by atoms with Crippen molar-refractivity contribution >= 4 is 0 Å². The topological polar surface area (TPSA) is 44.2 Å². The lowest BCUT2D eigenvalue weighted by atomic mass is 10.0. The molecule has 0 aliphatic carbocycles. The minimum absolute atomic E-state index is 0.416. The molecule has 0 unspecified atom stereocenters. The highest BCUT2D eigenvalue weighted by Crippen LogP contribution is 2.27. The summed E-state index contributed by atoms with van der Waals surface area (Å²) in [5, 5.41) is 8.74. The molecule has 1 heterocycles. The molecule has 0 aliphatic rings. The van der Waals surface area contributed by atoms with Crippen molar-refractivity contribution in [2.75, 3.05) is 0 Å². The molecule has 4 aromatic rings. The molecule has 4 heteroatoms. The summed E-state index contributed by atoms with van der Waals surface area (Å²) < 4.78 is 12.1. The molecule has 0 N–H and O–H groups in total. The molecule has 4 nitrogen and oxygen atoms in total. The van der Waals surface area contributed by atoms with Crippen LogP contribution in [0.25, 0.3) is 0 Å². The number of rotatable bonds is 9. The summed E-state index contributed by atoms with van der Waals surface area (Å²) in [6.07, 6.45) is 1.70. The zero-order valence-electron chi connectivity index (χ0n) is 17.7. The van der Waals surface area contributed by atoms with E-state index in [1.165, 1.54) is 11.1 Å². The van der Waals surface area contributed by atoms with Crippen molar-refractivity contribution in [3.8, 4) is 11.6 Å². The lowest BCUT2D eigenvalue weighted by molar-refractivity contribution is 0.243. The van der Waals surface area contributed by atoms with Crippen molar-refractivity contribution in [2.24, 2.45) is 0 Å². The molecule has 0 saturated carbocycles. The Bertz CT molecular complexity index is 1100. The van der Waals surface area contributed by atoms with Gasteiger partial charge in [0.1, 0.15) is 13.2 Å². The summed E-state index contributed by atoms with van der Waals surface area (Å²) in [6.45, 7) is 3.00. The van der Waals surface area contributed by atoms with Crippen LogP contribution in [0.1, 0.15) is 27.9 Å². The average Bonchev–Trinajstić information content (AvgIpc) is 2.83. The fourth-order valence-electron chi connectivity index (χ4n) is 3.34. The van der Waals surface area contributed by atoms with Crippen LogP contribution in [0.4, 0.5) is 0 Å². The fraction of sp³-hybridized carbons (Fsp3) is 0.185. The third-order valence-electron chi connectivity index (χ3n) is 5.15. The maximum absolute atomic E-state index is 6.10. The van der Waals surface area contributed by atoms with Gasteiger partial charge in [0.15, 0.2) is 5.75 Å². The zero-order chi connectivity index (χ0) is 21.3. The first-order valence-electron chi connectivity index (χ1n) is 10.5. The summed E-state index contributed by atoms with van der Waals surface area (Å²) >= 11 is 0. The van der Waals surface area contributed by atoms with Crippen LogP contribution in [0.2, 0.25) is 0 Å². The standard InChI is InChI=1S/C27H26N2O2/c1-21-10-8-9-15-24(21)16-17-25-18-26(30-19-22-11-4-2-5-12-22)27(29-28-25)31-20-23-13-6-3-7-14-23/h2-15,18H,16-17,19-20H2,1H3. The van der Waals surface area contributed by atoms with Gasteiger partial charge in [0, 0.05) is 6.07 Å². The second kappa shape index (κ2) is 10.4. The number of hydrogen-bond donors (Lipinski definition) is 0. The van der Waals surface area contributed by atoms with Crippen LogP contribution in [-0.4, -0.2) is 10.2 Å². The molecule has 31 heavy (non-hydrogen) atoms. The van der Waals surface area contributed by atoms with Gasteiger partial charge >= 0.3 is 0 Å². The van der Waals surface area contributed by atoms with E-state index in [4.69, 9.17) is 9.47 Å². The van der Waals surface area contributed by atoms with E-state index in [0.29, 0.717) is 24.8 Å². The SMILES string of the molecule is Cc1ccccc1CCc1cc(OCc2ccccc2)c(OCc2ccccc2)nn1. The van der Waals surface area contributed by atoms with E-state index in [0.717, 1.165) is 29.7 Å². The van der Waals surface area contributed by atoms with Gasteiger partial charge in [-0.2, -0.15) is 5.10 Å². The van der Waals surface area contributed by atoms with Crippen LogP contribution >= 0.6 is 0 Å². The quantitative estimate of drug-likeness (QED) is 0.354. The minimum atomic E-state index is 0.416. The van der Waals surface area contributed by atoms with Gasteiger partial charge in [-0.3, -0.25) is 0 Å². The Balaban J connectivity index is 1.49. The normalized spacial score (nSPS) is 10.6. The molecule has 156 valence electrons. The van der Waals surface area contributed by atoms with Gasteiger partial charge in [0.2, 0.25) is 0 Å². The highest BCUT2D eigenvalue weighted by Gasteiger charge is 2.12. The fourth-order valence-corrected chi connectivity index (χ4v) is 3.34. The van der Waals surface area contributed by atoms with Crippen molar-refractivity contribution in [3.05, 3.63) is 119 Å². The molecule has 0 spiro atoms. The minimum Gasteiger partial charge on any atom is -0.483 e. The molecule has 0 fully saturated rings. The number of hydrogen-bond acceptors (Lipinski definition) is 4. The van der Waals surface area contributed by atoms with E-state index in [1.807, 2.05) is 66.7 Å². The van der Waals surface area contributed by atoms with Crippen LogP contribution < -0.4 is 9.47 Å². The maximum Gasteiger partial charge on any atom is 0.276 e. The molecule has 0 radical (unpaired) electrons. The summed E-state index contributed by atoms with van der Waals surface area (Å²) in [7, 11) is 0. The van der Waals surface area contributed by atoms with Crippen LogP contribution in [0.15, 0.2) is 91.0 Å². The molecule has 4 rings (SSSR count). The van der Waals surface area contributed by atoms with E-state index < -0.39 is 0 Å². The average molecular weight is 411 g/mol. The van der Waals surface area contributed by atoms with Gasteiger partial charge in [0.05, 0.1) is 5.69 Å². The first-order valence-corrected chi connectivity index (χ1v) is 10.5. The number of aromatic nitrogens is 2. The summed E-state index contributed by atoms with van der Waals surface area (Å²) in [6, 6.07) is 30.5. The first kappa shape index (κ1) is 20.6. The second-order valence-electron chi connectivity index (χ2n) is 7.48. The predicted octanol–water partition coefficient (Wildman–Crippen LogP) is 5.73. The smallest absolute Gasteiger partial charge is 0.276 e. The molecular formula is C27H26N2O2. The highest BCUT2D eigenvalue weighted by atomic mass is 16.5. The first-order chi connectivity index (χ1) is 15.3. The number of ether oxygens (including phenoxy) is 2. The molecule has 3 aromatic carbocycles. The van der Waals surface area contributed by atoms with E-state index in [9.17, 15) is 0 Å². The van der Waals surface area contributed by atoms with Crippen LogP contribution in [0, 0.1) is 6.92 Å². The summed E-state index contributed by atoms with van der Waals surface area (Å²) in [5.74, 6) is 1.04. The molecule has 0 bridgehead atoms. The Morgan fingerprint density at radius 1 is 0.645 bits per heavy atom. The third-order valence-corrected chi connectivity index (χ3v) is 5.15. The summed E-state index contributed by atoms with van der Waals surface area (Å²) in [4.78, 5) is 0. The van der Waals surface area contributed by atoms with Crippen molar-refractivity contribution in [2.45, 2.75) is 33.0 Å². The Morgan fingerprint density at radius 2 is 1.26 bits per heavy atom. The van der Waals surface area contributed by atoms with Gasteiger partial charge in [-0.1, -0.05) is 84.9 Å². The van der Waals surface area contributed by atoms with E-state index in [-0.39, 0.29) is 0 Å². The number of benzene rings is 3. The number of nitrogens with zero attached hydrogens (tertiary/aromatic N) is 2. The highest BCUT2D eigenvalue weighted by molar-refractivity contribution is 5.35. The Kier molecular flexibility index (Phi) is 6.91. The molecule has 0 saturated heterocycles. The lowest BCUT2D eigenvalue weighted by Gasteiger charge is -2.13. The largest absolute Gasteiger partial charge is 0.483 e. The van der Waals surface area contributed by atoms with Crippen molar-refractivity contribution in [3.63, 3.8) is 0 Å². The summed E-state index contributed by atoms with van der Waals surface area (Å²) in [5.41, 5.74) is 5.66. The van der Waals surface area contributed by atoms with Gasteiger partial charge in [-0.25, -0.2) is 0 Å². The second-order valence-corrected chi connectivity index (χ2v) is 7.48. The van der Waals surface area contributed by atoms with E-state index >= 15 is 0 Å². The van der Waals surface area contributed by atoms with E-state index in [1.54, 1.807) is 0 Å². The van der Waals surface area contributed by atoms with E-state index in [2.05, 4.69) is 41.4 Å². The molecular weight excluding hydrogens is 384 g/mol.